The molecule has 1 aromatic heterocycles. The number of hydrogen-bond donors (Lipinski definition) is 1. The molecule has 7 heteroatoms. The molecule has 2 aliphatic rings. The number of nitrogens with two attached hydrogens (primary N) is 1. The summed E-state index contributed by atoms with van der Waals surface area (Å²) in [6, 6.07) is 2.14. The molecule has 0 aliphatic carbocycles. The maximum Gasteiger partial charge on any atom is 0.252 e. The Hall–Kier alpha value is -0.470. The van der Waals surface area contributed by atoms with Crippen molar-refractivity contribution in [2.45, 2.75) is 49.0 Å². The van der Waals surface area contributed by atoms with Gasteiger partial charge in [-0.25, -0.2) is 8.42 Å². The van der Waals surface area contributed by atoms with Crippen LogP contribution in [0.2, 0.25) is 0 Å². The highest BCUT2D eigenvalue weighted by molar-refractivity contribution is 7.91. The van der Waals surface area contributed by atoms with Crippen molar-refractivity contribution in [1.29, 1.82) is 0 Å². The number of nitrogens with zero attached hydrogens (tertiary/aromatic N) is 2. The summed E-state index contributed by atoms with van der Waals surface area (Å²) in [5, 5.41) is 1.84. The molecule has 0 amide bonds. The highest BCUT2D eigenvalue weighted by atomic mass is 32.2. The van der Waals surface area contributed by atoms with Crippen LogP contribution < -0.4 is 5.73 Å². The highest BCUT2D eigenvalue weighted by Crippen LogP contribution is 2.30. The number of sulfonamides is 1. The highest BCUT2D eigenvalue weighted by Gasteiger charge is 2.39. The molecule has 2 unspecified atom stereocenters. The smallest absolute Gasteiger partial charge is 0.252 e. The van der Waals surface area contributed by atoms with Gasteiger partial charge in [0.15, 0.2) is 0 Å². The second-order valence-electron chi connectivity index (χ2n) is 6.05. The molecule has 21 heavy (non-hydrogen) atoms. The second kappa shape index (κ2) is 5.96. The first-order valence-electron chi connectivity index (χ1n) is 7.55. The average molecular weight is 329 g/mol. The van der Waals surface area contributed by atoms with Gasteiger partial charge in [-0.15, -0.1) is 11.3 Å². The van der Waals surface area contributed by atoms with Crippen LogP contribution in [-0.2, 0) is 16.6 Å². The van der Waals surface area contributed by atoms with Crippen molar-refractivity contribution in [2.75, 3.05) is 19.6 Å². The van der Waals surface area contributed by atoms with E-state index in [9.17, 15) is 8.42 Å². The molecule has 2 saturated heterocycles. The topological polar surface area (TPSA) is 66.6 Å². The van der Waals surface area contributed by atoms with Gasteiger partial charge in [-0.1, -0.05) is 6.42 Å². The van der Waals surface area contributed by atoms with Gasteiger partial charge in [0.2, 0.25) is 0 Å². The molecule has 2 N–H and O–H groups in total. The van der Waals surface area contributed by atoms with E-state index in [2.05, 4.69) is 4.90 Å². The zero-order valence-electron chi connectivity index (χ0n) is 12.4. The van der Waals surface area contributed by atoms with Crippen molar-refractivity contribution in [3.63, 3.8) is 0 Å². The summed E-state index contributed by atoms with van der Waals surface area (Å²) in [6.07, 6.45) is 3.55. The lowest BCUT2D eigenvalue weighted by atomic mass is 9.99. The summed E-state index contributed by atoms with van der Waals surface area (Å²) < 4.78 is 27.9. The van der Waals surface area contributed by atoms with Gasteiger partial charge in [0.25, 0.3) is 10.0 Å². The quantitative estimate of drug-likeness (QED) is 0.911. The Kier molecular flexibility index (Phi) is 4.38. The predicted molar refractivity (Wildman–Crippen MR) is 84.8 cm³/mol. The van der Waals surface area contributed by atoms with Gasteiger partial charge < -0.3 is 5.73 Å². The predicted octanol–water partition coefficient (Wildman–Crippen LogP) is 1.45. The van der Waals surface area contributed by atoms with Crippen molar-refractivity contribution in [1.82, 2.24) is 9.21 Å². The third-order valence-electron chi connectivity index (χ3n) is 4.56. The first kappa shape index (κ1) is 15.4. The molecule has 1 aromatic rings. The third kappa shape index (κ3) is 2.90. The monoisotopic (exact) mass is 329 g/mol. The van der Waals surface area contributed by atoms with Crippen molar-refractivity contribution in [3.8, 4) is 0 Å². The number of hydrogen-bond acceptors (Lipinski definition) is 5. The summed E-state index contributed by atoms with van der Waals surface area (Å²) >= 11 is 1.28. The van der Waals surface area contributed by atoms with E-state index in [-0.39, 0.29) is 6.04 Å². The molecule has 2 aliphatic heterocycles. The zero-order valence-corrected chi connectivity index (χ0v) is 14.0. The molecule has 0 spiro atoms. The summed E-state index contributed by atoms with van der Waals surface area (Å²) in [7, 11) is -3.38. The average Bonchev–Trinajstić information content (AvgIpc) is 2.96. The van der Waals surface area contributed by atoms with E-state index < -0.39 is 10.0 Å². The SMILES string of the molecule is CC1CN2CCCCC2CN1S(=O)(=O)c1cc(CN)cs1. The van der Waals surface area contributed by atoms with Crippen molar-refractivity contribution in [2.24, 2.45) is 5.73 Å². The van der Waals surface area contributed by atoms with Gasteiger partial charge in [-0.05, 0) is 43.3 Å². The van der Waals surface area contributed by atoms with Crippen molar-refractivity contribution >= 4 is 21.4 Å². The molecule has 3 rings (SSSR count). The lowest BCUT2D eigenvalue weighted by molar-refractivity contribution is 0.0565. The molecule has 0 radical (unpaired) electrons. The van der Waals surface area contributed by atoms with E-state index in [0.29, 0.717) is 23.3 Å². The molecular weight excluding hydrogens is 306 g/mol. The minimum absolute atomic E-state index is 0.0350. The fraction of sp³-hybridized carbons (Fsp3) is 0.714. The molecule has 0 aromatic carbocycles. The molecule has 3 heterocycles. The summed E-state index contributed by atoms with van der Waals surface area (Å²) in [4.78, 5) is 2.46. The Balaban J connectivity index is 1.84. The molecule has 0 bridgehead atoms. The largest absolute Gasteiger partial charge is 0.326 e. The number of rotatable bonds is 3. The van der Waals surface area contributed by atoms with E-state index in [1.165, 1.54) is 24.2 Å². The third-order valence-corrected chi connectivity index (χ3v) is 8.00. The normalized spacial score (nSPS) is 28.5. The Morgan fingerprint density at radius 2 is 2.19 bits per heavy atom. The first-order valence-corrected chi connectivity index (χ1v) is 9.87. The standard InChI is InChI=1S/C14H23N3O2S2/c1-11-8-16-5-3-2-4-13(16)9-17(11)21(18,19)14-6-12(7-15)10-20-14/h6,10-11,13H,2-5,7-9,15H2,1H3. The first-order chi connectivity index (χ1) is 10.0. The summed E-state index contributed by atoms with van der Waals surface area (Å²) in [6.45, 7) is 4.98. The van der Waals surface area contributed by atoms with E-state index in [0.717, 1.165) is 25.1 Å². The molecule has 5 nitrogen and oxygen atoms in total. The Morgan fingerprint density at radius 1 is 1.38 bits per heavy atom. The van der Waals surface area contributed by atoms with Crippen LogP contribution in [0.5, 0.6) is 0 Å². The lowest BCUT2D eigenvalue weighted by Gasteiger charge is -2.46. The van der Waals surface area contributed by atoms with Gasteiger partial charge >= 0.3 is 0 Å². The Morgan fingerprint density at radius 3 is 2.90 bits per heavy atom. The minimum Gasteiger partial charge on any atom is -0.326 e. The molecule has 118 valence electrons. The maximum atomic E-state index is 12.9. The van der Waals surface area contributed by atoms with Gasteiger partial charge in [-0.3, -0.25) is 4.90 Å². The van der Waals surface area contributed by atoms with Crippen LogP contribution in [0.1, 0.15) is 31.7 Å². The van der Waals surface area contributed by atoms with Crippen LogP contribution in [0.15, 0.2) is 15.7 Å². The molecule has 2 fully saturated rings. The zero-order chi connectivity index (χ0) is 15.0. The molecule has 0 saturated carbocycles. The van der Waals surface area contributed by atoms with Gasteiger partial charge in [0.05, 0.1) is 0 Å². The van der Waals surface area contributed by atoms with Crippen LogP contribution in [0, 0.1) is 0 Å². The van der Waals surface area contributed by atoms with Crippen LogP contribution in [0.4, 0.5) is 0 Å². The molecular formula is C14H23N3O2S2. The van der Waals surface area contributed by atoms with Crippen LogP contribution in [0.3, 0.4) is 0 Å². The van der Waals surface area contributed by atoms with Crippen LogP contribution in [-0.4, -0.2) is 49.3 Å². The second-order valence-corrected chi connectivity index (χ2v) is 9.08. The fourth-order valence-corrected chi connectivity index (χ4v) is 6.38. The maximum absolute atomic E-state index is 12.9. The summed E-state index contributed by atoms with van der Waals surface area (Å²) in [5.74, 6) is 0. The van der Waals surface area contributed by atoms with Gasteiger partial charge in [-0.2, -0.15) is 4.31 Å². The van der Waals surface area contributed by atoms with E-state index in [1.807, 2.05) is 12.3 Å². The van der Waals surface area contributed by atoms with E-state index >= 15 is 0 Å². The number of fused-ring (bicyclic) bond motifs is 1. The minimum atomic E-state index is -3.38. The van der Waals surface area contributed by atoms with Crippen LogP contribution in [0.25, 0.3) is 0 Å². The Labute approximate surface area is 130 Å². The Bertz CT molecular complexity index is 599. The number of thiophene rings is 1. The van der Waals surface area contributed by atoms with Crippen molar-refractivity contribution in [3.05, 3.63) is 17.0 Å². The number of piperazine rings is 1. The number of piperidine rings is 1. The van der Waals surface area contributed by atoms with E-state index in [1.54, 1.807) is 10.4 Å². The fourth-order valence-electron chi connectivity index (χ4n) is 3.37. The van der Waals surface area contributed by atoms with E-state index in [4.69, 9.17) is 5.73 Å². The summed E-state index contributed by atoms with van der Waals surface area (Å²) in [5.41, 5.74) is 6.48. The van der Waals surface area contributed by atoms with Crippen LogP contribution >= 0.6 is 11.3 Å². The van der Waals surface area contributed by atoms with Gasteiger partial charge in [0, 0.05) is 31.7 Å². The molecule has 2 atom stereocenters. The van der Waals surface area contributed by atoms with Crippen molar-refractivity contribution < 1.29 is 8.42 Å². The van der Waals surface area contributed by atoms with Gasteiger partial charge in [0.1, 0.15) is 4.21 Å². The lowest BCUT2D eigenvalue weighted by Crippen LogP contribution is -2.59.